The van der Waals surface area contributed by atoms with Crippen molar-refractivity contribution in [3.05, 3.63) is 35.9 Å². The van der Waals surface area contributed by atoms with E-state index in [4.69, 9.17) is 0 Å². The van der Waals surface area contributed by atoms with E-state index in [2.05, 4.69) is 5.32 Å². The number of rotatable bonds is 5. The number of hydrogen-bond acceptors (Lipinski definition) is 2. The van der Waals surface area contributed by atoms with Crippen molar-refractivity contribution >= 4 is 11.7 Å². The average molecular weight is 273 g/mol. The van der Waals surface area contributed by atoms with E-state index >= 15 is 0 Å². The minimum absolute atomic E-state index is 0.136. The zero-order chi connectivity index (χ0) is 14.4. The quantitative estimate of drug-likeness (QED) is 0.894. The van der Waals surface area contributed by atoms with Crippen LogP contribution in [0.2, 0.25) is 0 Å². The van der Waals surface area contributed by atoms with Gasteiger partial charge in [0.1, 0.15) is 0 Å². The highest BCUT2D eigenvalue weighted by atomic mass is 16.2. The fraction of sp³-hybridized carbons (Fsp3) is 0.529. The largest absolute Gasteiger partial charge is 0.342 e. The molecule has 1 aliphatic carbocycles. The maximum Gasteiger partial charge on any atom is 0.251 e. The summed E-state index contributed by atoms with van der Waals surface area (Å²) in [5.41, 5.74) is 0.622. The van der Waals surface area contributed by atoms with Crippen LogP contribution in [-0.4, -0.2) is 17.7 Å². The fourth-order valence-corrected chi connectivity index (χ4v) is 2.96. The third-order valence-corrected chi connectivity index (χ3v) is 4.14. The molecule has 0 aromatic heterocycles. The molecule has 1 fully saturated rings. The molecule has 3 nitrogen and oxygen atoms in total. The molecule has 20 heavy (non-hydrogen) atoms. The Morgan fingerprint density at radius 1 is 1.15 bits per heavy atom. The zero-order valence-corrected chi connectivity index (χ0v) is 12.1. The highest BCUT2D eigenvalue weighted by Gasteiger charge is 2.29. The summed E-state index contributed by atoms with van der Waals surface area (Å²) >= 11 is 0. The van der Waals surface area contributed by atoms with Crippen LogP contribution in [0.1, 0.15) is 55.8 Å². The van der Waals surface area contributed by atoms with Gasteiger partial charge < -0.3 is 5.32 Å². The van der Waals surface area contributed by atoms with Crippen LogP contribution in [0.15, 0.2) is 30.3 Å². The molecule has 1 aromatic carbocycles. The predicted molar refractivity (Wildman–Crippen MR) is 79.6 cm³/mol. The van der Waals surface area contributed by atoms with Crippen molar-refractivity contribution in [3.63, 3.8) is 0 Å². The highest BCUT2D eigenvalue weighted by molar-refractivity contribution is 5.97. The maximum absolute atomic E-state index is 12.3. The van der Waals surface area contributed by atoms with E-state index in [0.29, 0.717) is 17.9 Å². The van der Waals surface area contributed by atoms with E-state index in [1.807, 2.05) is 25.1 Å². The van der Waals surface area contributed by atoms with Crippen LogP contribution in [-0.2, 0) is 4.79 Å². The Morgan fingerprint density at radius 3 is 2.40 bits per heavy atom. The molecule has 0 radical (unpaired) electrons. The molecule has 1 saturated carbocycles. The molecule has 2 rings (SSSR count). The standard InChI is InChI=1S/C17H23NO2/c1-2-15(19)16(13-9-5-3-6-10-13)18-17(20)14-11-7-4-8-12-14/h4,7-8,11-13,16H,2-3,5-6,9-10H2,1H3,(H,18,20). The Morgan fingerprint density at radius 2 is 1.80 bits per heavy atom. The second-order valence-corrected chi connectivity index (χ2v) is 5.54. The Kier molecular flexibility index (Phi) is 5.33. The number of hydrogen-bond donors (Lipinski definition) is 1. The van der Waals surface area contributed by atoms with Crippen molar-refractivity contribution in [3.8, 4) is 0 Å². The smallest absolute Gasteiger partial charge is 0.251 e. The van der Waals surface area contributed by atoms with E-state index in [9.17, 15) is 9.59 Å². The zero-order valence-electron chi connectivity index (χ0n) is 12.1. The second-order valence-electron chi connectivity index (χ2n) is 5.54. The van der Waals surface area contributed by atoms with Gasteiger partial charge in [-0.05, 0) is 30.9 Å². The molecule has 1 aromatic rings. The van der Waals surface area contributed by atoms with Gasteiger partial charge in [0.15, 0.2) is 5.78 Å². The van der Waals surface area contributed by atoms with Gasteiger partial charge in [0, 0.05) is 12.0 Å². The van der Waals surface area contributed by atoms with Gasteiger partial charge in [0.2, 0.25) is 0 Å². The number of Topliss-reactive ketones (excluding diaryl/α,β-unsaturated/α-hetero) is 1. The predicted octanol–water partition coefficient (Wildman–Crippen LogP) is 3.34. The summed E-state index contributed by atoms with van der Waals surface area (Å²) in [6, 6.07) is 8.81. The molecular weight excluding hydrogens is 250 g/mol. The monoisotopic (exact) mass is 273 g/mol. The molecule has 0 heterocycles. The summed E-state index contributed by atoms with van der Waals surface area (Å²) in [6.45, 7) is 1.87. The maximum atomic E-state index is 12.3. The number of carbonyl (C=O) groups excluding carboxylic acids is 2. The van der Waals surface area contributed by atoms with Gasteiger partial charge in [0.05, 0.1) is 6.04 Å². The van der Waals surface area contributed by atoms with Crippen molar-refractivity contribution in [2.75, 3.05) is 0 Å². The van der Waals surface area contributed by atoms with Gasteiger partial charge in [-0.25, -0.2) is 0 Å². The summed E-state index contributed by atoms with van der Waals surface area (Å²) in [5.74, 6) is 0.327. The van der Waals surface area contributed by atoms with E-state index in [1.165, 1.54) is 19.3 Å². The van der Waals surface area contributed by atoms with Crippen molar-refractivity contribution < 1.29 is 9.59 Å². The van der Waals surface area contributed by atoms with Gasteiger partial charge in [0.25, 0.3) is 5.91 Å². The molecule has 1 amide bonds. The number of benzene rings is 1. The van der Waals surface area contributed by atoms with Crippen molar-refractivity contribution in [2.45, 2.75) is 51.5 Å². The molecule has 3 heteroatoms. The minimum atomic E-state index is -0.312. The normalized spacial score (nSPS) is 17.4. The van der Waals surface area contributed by atoms with E-state index < -0.39 is 0 Å². The minimum Gasteiger partial charge on any atom is -0.342 e. The third kappa shape index (κ3) is 3.69. The molecule has 1 aliphatic rings. The van der Waals surface area contributed by atoms with Crippen LogP contribution in [0, 0.1) is 5.92 Å². The van der Waals surface area contributed by atoms with E-state index in [0.717, 1.165) is 12.8 Å². The first-order valence-corrected chi connectivity index (χ1v) is 7.61. The van der Waals surface area contributed by atoms with E-state index in [1.54, 1.807) is 12.1 Å². The average Bonchev–Trinajstić information content (AvgIpc) is 2.53. The summed E-state index contributed by atoms with van der Waals surface area (Å²) in [5, 5.41) is 2.97. The van der Waals surface area contributed by atoms with Crippen LogP contribution >= 0.6 is 0 Å². The topological polar surface area (TPSA) is 46.2 Å². The van der Waals surface area contributed by atoms with Crippen LogP contribution in [0.25, 0.3) is 0 Å². The summed E-state index contributed by atoms with van der Waals surface area (Å²) in [7, 11) is 0. The molecule has 0 spiro atoms. The molecule has 1 unspecified atom stereocenters. The SMILES string of the molecule is CCC(=O)C(NC(=O)c1ccccc1)C1CCCCC1. The van der Waals surface area contributed by atoms with Crippen LogP contribution in [0.4, 0.5) is 0 Å². The van der Waals surface area contributed by atoms with Crippen molar-refractivity contribution in [1.29, 1.82) is 0 Å². The molecule has 0 aliphatic heterocycles. The fourth-order valence-electron chi connectivity index (χ4n) is 2.96. The summed E-state index contributed by atoms with van der Waals surface area (Å²) in [4.78, 5) is 24.4. The van der Waals surface area contributed by atoms with Gasteiger partial charge in [-0.3, -0.25) is 9.59 Å². The first-order chi connectivity index (χ1) is 9.72. The van der Waals surface area contributed by atoms with Gasteiger partial charge >= 0.3 is 0 Å². The molecular formula is C17H23NO2. The first-order valence-electron chi connectivity index (χ1n) is 7.61. The Labute approximate surface area is 120 Å². The Balaban J connectivity index is 2.07. The molecule has 1 atom stereocenters. The van der Waals surface area contributed by atoms with E-state index in [-0.39, 0.29) is 17.7 Å². The molecule has 0 saturated heterocycles. The first kappa shape index (κ1) is 14.8. The van der Waals surface area contributed by atoms with Gasteiger partial charge in [-0.2, -0.15) is 0 Å². The van der Waals surface area contributed by atoms with Crippen LogP contribution in [0.3, 0.4) is 0 Å². The van der Waals surface area contributed by atoms with Crippen molar-refractivity contribution in [2.24, 2.45) is 5.92 Å². The Bertz CT molecular complexity index is 449. The molecule has 108 valence electrons. The number of nitrogens with one attached hydrogen (secondary N) is 1. The Hall–Kier alpha value is -1.64. The lowest BCUT2D eigenvalue weighted by molar-refractivity contribution is -0.122. The molecule has 1 N–H and O–H groups in total. The van der Waals surface area contributed by atoms with Crippen LogP contribution in [0.5, 0.6) is 0 Å². The lowest BCUT2D eigenvalue weighted by atomic mass is 9.81. The van der Waals surface area contributed by atoms with Crippen LogP contribution < -0.4 is 5.32 Å². The summed E-state index contributed by atoms with van der Waals surface area (Å²) in [6.07, 6.45) is 6.15. The number of amides is 1. The lowest BCUT2D eigenvalue weighted by Gasteiger charge is -2.29. The number of ketones is 1. The van der Waals surface area contributed by atoms with Crippen molar-refractivity contribution in [1.82, 2.24) is 5.32 Å². The second kappa shape index (κ2) is 7.22. The third-order valence-electron chi connectivity index (χ3n) is 4.14. The van der Waals surface area contributed by atoms with Gasteiger partial charge in [-0.15, -0.1) is 0 Å². The van der Waals surface area contributed by atoms with Gasteiger partial charge in [-0.1, -0.05) is 44.4 Å². The number of carbonyl (C=O) groups is 2. The summed E-state index contributed by atoms with van der Waals surface area (Å²) < 4.78 is 0. The highest BCUT2D eigenvalue weighted by Crippen LogP contribution is 2.27. The molecule has 0 bridgehead atoms. The lowest BCUT2D eigenvalue weighted by Crippen LogP contribution is -2.46.